The molecule has 3 rings (SSSR count). The third-order valence-electron chi connectivity index (χ3n) is 4.90. The van der Waals surface area contributed by atoms with E-state index in [1.54, 1.807) is 32.0 Å². The summed E-state index contributed by atoms with van der Waals surface area (Å²) in [5.74, 6) is -0.869. The Morgan fingerprint density at radius 3 is 2.47 bits per heavy atom. The lowest BCUT2D eigenvalue weighted by Crippen LogP contribution is -2.41. The third-order valence-corrected chi connectivity index (χ3v) is 8.20. The maximum Gasteiger partial charge on any atom is 0.348 e. The number of rotatable bonds is 6. The van der Waals surface area contributed by atoms with Crippen LogP contribution in [0.4, 0.5) is 5.00 Å². The summed E-state index contributed by atoms with van der Waals surface area (Å²) in [5.41, 5.74) is 0.748. The highest BCUT2D eigenvalue weighted by atomic mass is 35.5. The van der Waals surface area contributed by atoms with Gasteiger partial charge in [-0.15, -0.1) is 11.3 Å². The van der Waals surface area contributed by atoms with Crippen LogP contribution in [0.2, 0.25) is 5.02 Å². The molecule has 1 saturated heterocycles. The van der Waals surface area contributed by atoms with Crippen molar-refractivity contribution in [3.63, 3.8) is 0 Å². The van der Waals surface area contributed by atoms with Gasteiger partial charge in [0.25, 0.3) is 0 Å². The van der Waals surface area contributed by atoms with Gasteiger partial charge in [-0.25, -0.2) is 13.2 Å². The van der Waals surface area contributed by atoms with Gasteiger partial charge in [-0.1, -0.05) is 11.6 Å². The molecule has 0 aliphatic carbocycles. The molecular weight excluding hydrogens is 448 g/mol. The van der Waals surface area contributed by atoms with Crippen molar-refractivity contribution in [2.24, 2.45) is 5.92 Å². The molecule has 1 aliphatic rings. The Hall–Kier alpha value is -1.94. The molecular formula is C20H23ClN2O5S2. The number of carbonyl (C=O) groups excluding carboxylic acids is 2. The number of piperidine rings is 1. The molecule has 1 N–H and O–H groups in total. The van der Waals surface area contributed by atoms with E-state index >= 15 is 0 Å². The number of benzene rings is 1. The van der Waals surface area contributed by atoms with E-state index in [-0.39, 0.29) is 36.4 Å². The molecule has 1 amide bonds. The monoisotopic (exact) mass is 470 g/mol. The predicted molar refractivity (Wildman–Crippen MR) is 117 cm³/mol. The van der Waals surface area contributed by atoms with Crippen molar-refractivity contribution < 1.29 is 22.7 Å². The maximum absolute atomic E-state index is 12.8. The van der Waals surface area contributed by atoms with E-state index in [1.807, 2.05) is 0 Å². The number of aryl methyl sites for hydroxylation is 1. The Balaban J connectivity index is 1.60. The highest BCUT2D eigenvalue weighted by Crippen LogP contribution is 2.30. The smallest absolute Gasteiger partial charge is 0.348 e. The average molecular weight is 471 g/mol. The molecule has 30 heavy (non-hydrogen) atoms. The van der Waals surface area contributed by atoms with Crippen molar-refractivity contribution in [1.29, 1.82) is 0 Å². The van der Waals surface area contributed by atoms with Crippen molar-refractivity contribution >= 4 is 49.8 Å². The van der Waals surface area contributed by atoms with Gasteiger partial charge in [0.2, 0.25) is 15.9 Å². The second-order valence-corrected chi connectivity index (χ2v) is 10.4. The largest absolute Gasteiger partial charge is 0.462 e. The van der Waals surface area contributed by atoms with Crippen LogP contribution < -0.4 is 5.32 Å². The molecule has 1 aliphatic heterocycles. The Bertz CT molecular complexity index is 1030. The van der Waals surface area contributed by atoms with Crippen LogP contribution in [0.3, 0.4) is 0 Å². The number of ether oxygens (including phenoxy) is 1. The number of amides is 1. The first-order chi connectivity index (χ1) is 14.2. The number of sulfonamides is 1. The van der Waals surface area contributed by atoms with E-state index < -0.39 is 16.0 Å². The van der Waals surface area contributed by atoms with Crippen molar-refractivity contribution in [3.05, 3.63) is 45.8 Å². The lowest BCUT2D eigenvalue weighted by molar-refractivity contribution is -0.120. The normalized spacial score (nSPS) is 15.7. The zero-order valence-corrected chi connectivity index (χ0v) is 19.1. The van der Waals surface area contributed by atoms with Crippen LogP contribution in [-0.4, -0.2) is 44.3 Å². The van der Waals surface area contributed by atoms with Gasteiger partial charge in [0.1, 0.15) is 4.88 Å². The van der Waals surface area contributed by atoms with Gasteiger partial charge in [0, 0.05) is 24.0 Å². The van der Waals surface area contributed by atoms with Gasteiger partial charge < -0.3 is 10.1 Å². The van der Waals surface area contributed by atoms with E-state index in [2.05, 4.69) is 5.32 Å². The Kier molecular flexibility index (Phi) is 7.18. The molecule has 0 unspecified atom stereocenters. The molecule has 0 radical (unpaired) electrons. The molecule has 0 bridgehead atoms. The van der Waals surface area contributed by atoms with Gasteiger partial charge in [0.05, 0.1) is 16.5 Å². The van der Waals surface area contributed by atoms with Crippen LogP contribution >= 0.6 is 22.9 Å². The van der Waals surface area contributed by atoms with E-state index in [1.165, 1.54) is 27.8 Å². The van der Waals surface area contributed by atoms with Crippen LogP contribution in [0.1, 0.15) is 35.0 Å². The molecule has 2 aromatic rings. The van der Waals surface area contributed by atoms with Crippen LogP contribution in [0.25, 0.3) is 0 Å². The number of hydrogen-bond acceptors (Lipinski definition) is 6. The van der Waals surface area contributed by atoms with Gasteiger partial charge in [-0.2, -0.15) is 4.31 Å². The fourth-order valence-electron chi connectivity index (χ4n) is 3.28. The van der Waals surface area contributed by atoms with Crippen LogP contribution in [0.15, 0.2) is 35.2 Å². The summed E-state index contributed by atoms with van der Waals surface area (Å²) in [4.78, 5) is 25.2. The average Bonchev–Trinajstić information content (AvgIpc) is 3.08. The fraction of sp³-hybridized carbons (Fsp3) is 0.400. The molecule has 0 atom stereocenters. The lowest BCUT2D eigenvalue weighted by Gasteiger charge is -2.30. The number of nitrogens with zero attached hydrogens (tertiary/aromatic N) is 1. The summed E-state index contributed by atoms with van der Waals surface area (Å²) in [6.45, 7) is 4.35. The topological polar surface area (TPSA) is 92.8 Å². The van der Waals surface area contributed by atoms with E-state index in [0.29, 0.717) is 27.7 Å². The first-order valence-corrected chi connectivity index (χ1v) is 12.2. The number of halogens is 1. The summed E-state index contributed by atoms with van der Waals surface area (Å²) in [6.07, 6.45) is 0.849. The fourth-order valence-corrected chi connectivity index (χ4v) is 5.85. The molecule has 0 spiro atoms. The number of thiophene rings is 1. The third kappa shape index (κ3) is 5.03. The maximum atomic E-state index is 12.8. The minimum absolute atomic E-state index is 0.171. The first-order valence-electron chi connectivity index (χ1n) is 9.56. The van der Waals surface area contributed by atoms with E-state index in [0.717, 1.165) is 5.56 Å². The quantitative estimate of drug-likeness (QED) is 0.646. The van der Waals surface area contributed by atoms with Gasteiger partial charge in [0.15, 0.2) is 0 Å². The molecule has 1 aromatic heterocycles. The van der Waals surface area contributed by atoms with Crippen LogP contribution in [0, 0.1) is 12.8 Å². The molecule has 1 fully saturated rings. The molecule has 7 nitrogen and oxygen atoms in total. The summed E-state index contributed by atoms with van der Waals surface area (Å²) >= 11 is 7.01. The summed E-state index contributed by atoms with van der Waals surface area (Å²) in [7, 11) is -3.61. The second kappa shape index (κ2) is 9.47. The van der Waals surface area contributed by atoms with E-state index in [4.69, 9.17) is 16.3 Å². The summed E-state index contributed by atoms with van der Waals surface area (Å²) in [5, 5.41) is 3.90. The number of nitrogens with one attached hydrogen (secondary N) is 1. The number of hydrogen-bond donors (Lipinski definition) is 1. The molecule has 2 heterocycles. The summed E-state index contributed by atoms with van der Waals surface area (Å²) < 4.78 is 31.9. The van der Waals surface area contributed by atoms with E-state index in [9.17, 15) is 18.0 Å². The zero-order valence-electron chi connectivity index (χ0n) is 16.7. The molecule has 0 saturated carbocycles. The Morgan fingerprint density at radius 1 is 1.23 bits per heavy atom. The van der Waals surface area contributed by atoms with Gasteiger partial charge in [-0.3, -0.25) is 4.79 Å². The van der Waals surface area contributed by atoms with Gasteiger partial charge in [-0.05, 0) is 62.6 Å². The Morgan fingerprint density at radius 2 is 1.87 bits per heavy atom. The van der Waals surface area contributed by atoms with Crippen LogP contribution in [-0.2, 0) is 19.6 Å². The molecule has 10 heteroatoms. The van der Waals surface area contributed by atoms with Gasteiger partial charge >= 0.3 is 5.97 Å². The standard InChI is InChI=1S/C20H23ClN2O5S2/c1-3-28-20(25)18-13(2)12-17(29-18)22-19(24)14-8-10-23(11-9-14)30(26,27)16-6-4-15(21)5-7-16/h4-7,12,14H,3,8-11H2,1-2H3,(H,22,24). The van der Waals surface area contributed by atoms with Crippen molar-refractivity contribution in [1.82, 2.24) is 4.31 Å². The number of carbonyl (C=O) groups is 2. The number of anilines is 1. The predicted octanol–water partition coefficient (Wildman–Crippen LogP) is 3.93. The minimum atomic E-state index is -3.61. The first kappa shape index (κ1) is 22.7. The Labute approximate surface area is 185 Å². The molecule has 162 valence electrons. The highest BCUT2D eigenvalue weighted by Gasteiger charge is 2.32. The number of esters is 1. The van der Waals surface area contributed by atoms with Crippen molar-refractivity contribution in [3.8, 4) is 0 Å². The lowest BCUT2D eigenvalue weighted by atomic mass is 9.97. The second-order valence-electron chi connectivity index (χ2n) is 6.96. The van der Waals surface area contributed by atoms with Crippen LogP contribution in [0.5, 0.6) is 0 Å². The zero-order chi connectivity index (χ0) is 21.9. The van der Waals surface area contributed by atoms with Crippen molar-refractivity contribution in [2.45, 2.75) is 31.6 Å². The SMILES string of the molecule is CCOC(=O)c1sc(NC(=O)C2CCN(S(=O)(=O)c3ccc(Cl)cc3)CC2)cc1C. The summed E-state index contributed by atoms with van der Waals surface area (Å²) in [6, 6.07) is 7.80. The highest BCUT2D eigenvalue weighted by molar-refractivity contribution is 7.89. The minimum Gasteiger partial charge on any atom is -0.462 e. The van der Waals surface area contributed by atoms with Crippen molar-refractivity contribution in [2.75, 3.05) is 25.0 Å². The molecule has 1 aromatic carbocycles.